The molecule has 0 saturated heterocycles. The van der Waals surface area contributed by atoms with Crippen molar-refractivity contribution in [3.8, 4) is 22.7 Å². The lowest BCUT2D eigenvalue weighted by molar-refractivity contribution is 0.435. The van der Waals surface area contributed by atoms with E-state index < -0.39 is 0 Å². The van der Waals surface area contributed by atoms with Gasteiger partial charge in [-0.3, -0.25) is 0 Å². The highest BCUT2D eigenvalue weighted by molar-refractivity contribution is 5.72. The van der Waals surface area contributed by atoms with Gasteiger partial charge in [0.2, 0.25) is 5.88 Å². The molecule has 0 fully saturated rings. The van der Waals surface area contributed by atoms with Crippen LogP contribution in [-0.4, -0.2) is 14.9 Å². The average molecular weight is 264 g/mol. The lowest BCUT2D eigenvalue weighted by Crippen LogP contribution is -1.98. The van der Waals surface area contributed by atoms with E-state index in [0.29, 0.717) is 0 Å². The van der Waals surface area contributed by atoms with E-state index in [1.807, 2.05) is 68.4 Å². The zero-order valence-corrected chi connectivity index (χ0v) is 11.5. The summed E-state index contributed by atoms with van der Waals surface area (Å²) in [5, 5.41) is 15.0. The number of hydrogen-bond acceptors (Lipinski definition) is 2. The first-order chi connectivity index (χ1) is 9.68. The maximum Gasteiger partial charge on any atom is 0.222 e. The van der Waals surface area contributed by atoms with Crippen LogP contribution in [0.4, 0.5) is 0 Å². The summed E-state index contributed by atoms with van der Waals surface area (Å²) in [4.78, 5) is 0. The molecule has 0 aliphatic carbocycles. The van der Waals surface area contributed by atoms with E-state index in [2.05, 4.69) is 5.10 Å². The number of para-hydroxylation sites is 1. The van der Waals surface area contributed by atoms with Crippen LogP contribution < -0.4 is 0 Å². The largest absolute Gasteiger partial charge is 0.493 e. The van der Waals surface area contributed by atoms with Crippen LogP contribution in [0, 0.1) is 13.8 Å². The minimum absolute atomic E-state index is 0.183. The van der Waals surface area contributed by atoms with Gasteiger partial charge in [-0.2, -0.15) is 5.10 Å². The summed E-state index contributed by atoms with van der Waals surface area (Å²) >= 11 is 0. The molecule has 0 bridgehead atoms. The summed E-state index contributed by atoms with van der Waals surface area (Å²) in [5.74, 6) is 0.183. The summed E-state index contributed by atoms with van der Waals surface area (Å²) in [6, 6.07) is 17.7. The first-order valence-corrected chi connectivity index (χ1v) is 6.58. The maximum absolute atomic E-state index is 10.5. The van der Waals surface area contributed by atoms with Crippen molar-refractivity contribution < 1.29 is 5.11 Å². The second-order valence-electron chi connectivity index (χ2n) is 4.85. The fraction of sp³-hybridized carbons (Fsp3) is 0.118. The number of nitrogens with zero attached hydrogens (tertiary/aromatic N) is 2. The standard InChI is InChI=1S/C17H16N2O/c1-12-8-6-7-11-15(12)19-17(20)16(13(2)18-19)14-9-4-3-5-10-14/h3-11,20H,1-2H3. The molecule has 20 heavy (non-hydrogen) atoms. The van der Waals surface area contributed by atoms with Gasteiger partial charge in [-0.1, -0.05) is 48.5 Å². The molecule has 3 aromatic rings. The summed E-state index contributed by atoms with van der Waals surface area (Å²) in [6.07, 6.45) is 0. The van der Waals surface area contributed by atoms with Gasteiger partial charge in [-0.25, -0.2) is 4.68 Å². The van der Waals surface area contributed by atoms with E-state index in [4.69, 9.17) is 0 Å². The molecule has 3 heteroatoms. The summed E-state index contributed by atoms with van der Waals surface area (Å²) in [5.41, 5.74) is 4.55. The highest BCUT2D eigenvalue weighted by Gasteiger charge is 2.17. The van der Waals surface area contributed by atoms with Gasteiger partial charge in [-0.05, 0) is 31.0 Å². The Morgan fingerprint density at radius 3 is 2.25 bits per heavy atom. The number of rotatable bonds is 2. The predicted molar refractivity (Wildman–Crippen MR) is 80.1 cm³/mol. The maximum atomic E-state index is 10.5. The van der Waals surface area contributed by atoms with E-state index in [9.17, 15) is 5.11 Å². The first-order valence-electron chi connectivity index (χ1n) is 6.58. The molecule has 0 aliphatic heterocycles. The number of aryl methyl sites for hydroxylation is 2. The molecular formula is C17H16N2O. The summed E-state index contributed by atoms with van der Waals surface area (Å²) in [6.45, 7) is 3.92. The molecule has 0 spiro atoms. The van der Waals surface area contributed by atoms with E-state index >= 15 is 0 Å². The van der Waals surface area contributed by atoms with E-state index in [1.165, 1.54) is 0 Å². The van der Waals surface area contributed by atoms with Gasteiger partial charge in [0.25, 0.3) is 0 Å². The van der Waals surface area contributed by atoms with E-state index in [1.54, 1.807) is 4.68 Å². The molecule has 0 atom stereocenters. The molecule has 1 heterocycles. The van der Waals surface area contributed by atoms with Crippen LogP contribution in [0.1, 0.15) is 11.3 Å². The summed E-state index contributed by atoms with van der Waals surface area (Å²) in [7, 11) is 0. The number of aromatic nitrogens is 2. The van der Waals surface area contributed by atoms with Crippen molar-refractivity contribution in [1.82, 2.24) is 9.78 Å². The van der Waals surface area contributed by atoms with Crippen LogP contribution in [0.25, 0.3) is 16.8 Å². The van der Waals surface area contributed by atoms with Crippen molar-refractivity contribution in [2.24, 2.45) is 0 Å². The third-order valence-corrected chi connectivity index (χ3v) is 3.44. The average Bonchev–Trinajstić information content (AvgIpc) is 2.75. The van der Waals surface area contributed by atoms with Gasteiger partial charge in [-0.15, -0.1) is 0 Å². The van der Waals surface area contributed by atoms with Crippen LogP contribution in [0.3, 0.4) is 0 Å². The first kappa shape index (κ1) is 12.5. The third kappa shape index (κ3) is 1.97. The molecule has 2 aromatic carbocycles. The fourth-order valence-electron chi connectivity index (χ4n) is 2.43. The summed E-state index contributed by atoms with van der Waals surface area (Å²) < 4.78 is 1.60. The fourth-order valence-corrected chi connectivity index (χ4v) is 2.43. The van der Waals surface area contributed by atoms with Crippen LogP contribution >= 0.6 is 0 Å². The zero-order chi connectivity index (χ0) is 14.1. The van der Waals surface area contributed by atoms with Gasteiger partial charge >= 0.3 is 0 Å². The molecule has 0 aliphatic rings. The quantitative estimate of drug-likeness (QED) is 0.763. The monoisotopic (exact) mass is 264 g/mol. The smallest absolute Gasteiger partial charge is 0.222 e. The third-order valence-electron chi connectivity index (χ3n) is 3.44. The molecule has 0 amide bonds. The van der Waals surface area contributed by atoms with Crippen molar-refractivity contribution in [3.05, 3.63) is 65.9 Å². The topological polar surface area (TPSA) is 38.0 Å². The van der Waals surface area contributed by atoms with Crippen molar-refractivity contribution in [3.63, 3.8) is 0 Å². The molecule has 0 radical (unpaired) electrons. The molecule has 3 nitrogen and oxygen atoms in total. The van der Waals surface area contributed by atoms with Crippen LogP contribution in [0.15, 0.2) is 54.6 Å². The molecule has 1 aromatic heterocycles. The van der Waals surface area contributed by atoms with Crippen molar-refractivity contribution in [2.45, 2.75) is 13.8 Å². The van der Waals surface area contributed by atoms with E-state index in [0.717, 1.165) is 28.1 Å². The van der Waals surface area contributed by atoms with Gasteiger partial charge in [0.05, 0.1) is 16.9 Å². The van der Waals surface area contributed by atoms with Crippen LogP contribution in [-0.2, 0) is 0 Å². The molecule has 100 valence electrons. The SMILES string of the molecule is Cc1ccccc1-n1nc(C)c(-c2ccccc2)c1O. The molecular weight excluding hydrogens is 248 g/mol. The van der Waals surface area contributed by atoms with Crippen molar-refractivity contribution in [1.29, 1.82) is 0 Å². The van der Waals surface area contributed by atoms with Gasteiger partial charge in [0.15, 0.2) is 0 Å². The van der Waals surface area contributed by atoms with Crippen molar-refractivity contribution >= 4 is 0 Å². The normalized spacial score (nSPS) is 10.7. The highest BCUT2D eigenvalue weighted by Crippen LogP contribution is 2.34. The second-order valence-corrected chi connectivity index (χ2v) is 4.85. The predicted octanol–water partition coefficient (Wildman–Crippen LogP) is 3.86. The Kier molecular flexibility index (Phi) is 3.03. The Morgan fingerprint density at radius 1 is 0.900 bits per heavy atom. The Morgan fingerprint density at radius 2 is 1.55 bits per heavy atom. The molecule has 0 saturated carbocycles. The van der Waals surface area contributed by atoms with Gasteiger partial charge in [0, 0.05) is 0 Å². The Hall–Kier alpha value is -2.55. The Bertz CT molecular complexity index is 745. The molecule has 1 N–H and O–H groups in total. The van der Waals surface area contributed by atoms with Crippen LogP contribution in [0.2, 0.25) is 0 Å². The van der Waals surface area contributed by atoms with Crippen molar-refractivity contribution in [2.75, 3.05) is 0 Å². The molecule has 0 unspecified atom stereocenters. The Balaban J connectivity index is 2.20. The minimum atomic E-state index is 0.183. The lowest BCUT2D eigenvalue weighted by atomic mass is 10.1. The minimum Gasteiger partial charge on any atom is -0.493 e. The Labute approximate surface area is 118 Å². The van der Waals surface area contributed by atoms with Gasteiger partial charge in [0.1, 0.15) is 0 Å². The zero-order valence-electron chi connectivity index (χ0n) is 11.5. The highest BCUT2D eigenvalue weighted by atomic mass is 16.3. The van der Waals surface area contributed by atoms with E-state index in [-0.39, 0.29) is 5.88 Å². The van der Waals surface area contributed by atoms with Gasteiger partial charge < -0.3 is 5.11 Å². The lowest BCUT2D eigenvalue weighted by Gasteiger charge is -2.07. The number of benzene rings is 2. The number of hydrogen-bond donors (Lipinski definition) is 1. The molecule has 3 rings (SSSR count). The second kappa shape index (κ2) is 4.85. The van der Waals surface area contributed by atoms with Crippen LogP contribution in [0.5, 0.6) is 5.88 Å². The number of aromatic hydroxyl groups is 1.